The summed E-state index contributed by atoms with van der Waals surface area (Å²) in [5.74, 6) is 0.0863. The van der Waals surface area contributed by atoms with Crippen molar-refractivity contribution < 1.29 is 9.53 Å². The van der Waals surface area contributed by atoms with E-state index in [-0.39, 0.29) is 18.0 Å². The van der Waals surface area contributed by atoms with Gasteiger partial charge in [-0.25, -0.2) is 0 Å². The lowest BCUT2D eigenvalue weighted by molar-refractivity contribution is -0.147. The van der Waals surface area contributed by atoms with E-state index in [0.29, 0.717) is 13.0 Å². The van der Waals surface area contributed by atoms with E-state index in [4.69, 9.17) is 4.74 Å². The second-order valence-corrected chi connectivity index (χ2v) is 6.39. The molecule has 2 aliphatic heterocycles. The summed E-state index contributed by atoms with van der Waals surface area (Å²) in [4.78, 5) is 19.5. The van der Waals surface area contributed by atoms with Crippen LogP contribution in [0.3, 0.4) is 0 Å². The van der Waals surface area contributed by atoms with Gasteiger partial charge in [0.05, 0.1) is 12.6 Å². The lowest BCUT2D eigenvalue weighted by Gasteiger charge is -2.34. The fourth-order valence-electron chi connectivity index (χ4n) is 3.33. The van der Waals surface area contributed by atoms with E-state index in [2.05, 4.69) is 4.99 Å². The average molecular weight is 286 g/mol. The Hall–Kier alpha value is -1.68. The highest BCUT2D eigenvalue weighted by Crippen LogP contribution is 2.32. The van der Waals surface area contributed by atoms with Crippen LogP contribution < -0.4 is 0 Å². The molecular weight excluding hydrogens is 264 g/mol. The molecule has 112 valence electrons. The standard InChI is InChI=1S/C17H22N2O2/c1-12-9-14-11-21-17(2,3)19(14)16(20)15(18-12)10-13-7-5-4-6-8-13/h4-8,14-15H,9-11H2,1-3H3/t14-,15-/m0/s1. The number of amides is 1. The van der Waals surface area contributed by atoms with Crippen LogP contribution in [0.1, 0.15) is 32.8 Å². The summed E-state index contributed by atoms with van der Waals surface area (Å²) >= 11 is 0. The van der Waals surface area contributed by atoms with Gasteiger partial charge in [0.25, 0.3) is 0 Å². The molecule has 0 spiro atoms. The second-order valence-electron chi connectivity index (χ2n) is 6.39. The summed E-state index contributed by atoms with van der Waals surface area (Å²) in [5, 5.41) is 0. The largest absolute Gasteiger partial charge is 0.354 e. The first kappa shape index (κ1) is 14.3. The Morgan fingerprint density at radius 3 is 2.76 bits per heavy atom. The van der Waals surface area contributed by atoms with Crippen LogP contribution in [0.2, 0.25) is 0 Å². The van der Waals surface area contributed by atoms with Gasteiger partial charge in [-0.15, -0.1) is 0 Å². The number of nitrogens with zero attached hydrogens (tertiary/aromatic N) is 2. The number of hydrogen-bond acceptors (Lipinski definition) is 3. The number of carbonyl (C=O) groups is 1. The van der Waals surface area contributed by atoms with E-state index in [9.17, 15) is 4.79 Å². The van der Waals surface area contributed by atoms with Gasteiger partial charge in [-0.2, -0.15) is 0 Å². The molecule has 1 saturated heterocycles. The minimum atomic E-state index is -0.531. The molecule has 0 N–H and O–H groups in total. The van der Waals surface area contributed by atoms with E-state index in [0.717, 1.165) is 17.7 Å². The fourth-order valence-corrected chi connectivity index (χ4v) is 3.33. The second kappa shape index (κ2) is 5.26. The van der Waals surface area contributed by atoms with E-state index < -0.39 is 5.72 Å². The lowest BCUT2D eigenvalue weighted by atomic mass is 10.0. The molecule has 3 rings (SSSR count). The Kier molecular flexibility index (Phi) is 3.57. The highest BCUT2D eigenvalue weighted by Gasteiger charge is 2.46. The van der Waals surface area contributed by atoms with Crippen molar-refractivity contribution in [3.8, 4) is 0 Å². The zero-order valence-corrected chi connectivity index (χ0v) is 12.9. The molecule has 0 aliphatic carbocycles. The van der Waals surface area contributed by atoms with Crippen LogP contribution in [0.25, 0.3) is 0 Å². The van der Waals surface area contributed by atoms with Gasteiger partial charge in [0.1, 0.15) is 11.8 Å². The molecule has 2 heterocycles. The first-order chi connectivity index (χ1) is 9.97. The maximum absolute atomic E-state index is 12.9. The molecule has 0 radical (unpaired) electrons. The van der Waals surface area contributed by atoms with Crippen molar-refractivity contribution in [2.24, 2.45) is 4.99 Å². The van der Waals surface area contributed by atoms with Gasteiger partial charge in [0.2, 0.25) is 5.91 Å². The average Bonchev–Trinajstić information content (AvgIpc) is 2.66. The minimum absolute atomic E-state index is 0.0863. The van der Waals surface area contributed by atoms with Crippen LogP contribution >= 0.6 is 0 Å². The third kappa shape index (κ3) is 2.72. The Bertz CT molecular complexity index is 565. The number of carbonyl (C=O) groups excluding carboxylic acids is 1. The summed E-state index contributed by atoms with van der Waals surface area (Å²) in [5.41, 5.74) is 1.65. The number of fused-ring (bicyclic) bond motifs is 1. The fraction of sp³-hybridized carbons (Fsp3) is 0.529. The van der Waals surface area contributed by atoms with Gasteiger partial charge in [-0.1, -0.05) is 30.3 Å². The van der Waals surface area contributed by atoms with Crippen LogP contribution in [0.5, 0.6) is 0 Å². The van der Waals surface area contributed by atoms with Crippen molar-refractivity contribution in [2.45, 2.75) is 51.4 Å². The highest BCUT2D eigenvalue weighted by molar-refractivity contribution is 5.92. The van der Waals surface area contributed by atoms with Crippen LogP contribution in [-0.2, 0) is 16.0 Å². The molecule has 0 aromatic heterocycles. The van der Waals surface area contributed by atoms with Crippen molar-refractivity contribution in [1.29, 1.82) is 0 Å². The summed E-state index contributed by atoms with van der Waals surface area (Å²) in [7, 11) is 0. The molecule has 4 nitrogen and oxygen atoms in total. The Morgan fingerprint density at radius 2 is 2.05 bits per heavy atom. The minimum Gasteiger partial charge on any atom is -0.354 e. The first-order valence-corrected chi connectivity index (χ1v) is 7.52. The third-order valence-corrected chi connectivity index (χ3v) is 4.28. The van der Waals surface area contributed by atoms with Crippen LogP contribution in [0.4, 0.5) is 0 Å². The predicted molar refractivity (Wildman–Crippen MR) is 82.3 cm³/mol. The number of aliphatic imine (C=N–C) groups is 1. The van der Waals surface area contributed by atoms with E-state index in [1.54, 1.807) is 0 Å². The quantitative estimate of drug-likeness (QED) is 0.838. The summed E-state index contributed by atoms with van der Waals surface area (Å²) < 4.78 is 5.81. The van der Waals surface area contributed by atoms with Crippen LogP contribution in [0.15, 0.2) is 35.3 Å². The summed E-state index contributed by atoms with van der Waals surface area (Å²) in [6, 6.07) is 9.87. The Morgan fingerprint density at radius 1 is 1.33 bits per heavy atom. The van der Waals surface area contributed by atoms with E-state index in [1.165, 1.54) is 0 Å². The zero-order chi connectivity index (χ0) is 15.0. The molecular formula is C17H22N2O2. The number of benzene rings is 1. The molecule has 1 amide bonds. The highest BCUT2D eigenvalue weighted by atomic mass is 16.5. The Balaban J connectivity index is 1.89. The van der Waals surface area contributed by atoms with Gasteiger partial charge < -0.3 is 9.64 Å². The molecule has 1 aromatic carbocycles. The van der Waals surface area contributed by atoms with Gasteiger partial charge in [-0.05, 0) is 26.3 Å². The summed E-state index contributed by atoms with van der Waals surface area (Å²) in [6.07, 6.45) is 1.46. The number of rotatable bonds is 2. The zero-order valence-electron chi connectivity index (χ0n) is 12.9. The normalized spacial score (nSPS) is 28.0. The number of hydrogen-bond donors (Lipinski definition) is 0. The molecule has 1 fully saturated rings. The van der Waals surface area contributed by atoms with Gasteiger partial charge >= 0.3 is 0 Å². The molecule has 2 atom stereocenters. The third-order valence-electron chi connectivity index (χ3n) is 4.28. The molecule has 0 saturated carbocycles. The SMILES string of the molecule is CC1=N[C@@H](Cc2ccccc2)C(=O)N2[C@H](COC2(C)C)C1. The molecule has 1 aromatic rings. The lowest BCUT2D eigenvalue weighted by Crippen LogP contribution is -2.51. The maximum Gasteiger partial charge on any atom is 0.250 e. The van der Waals surface area contributed by atoms with Crippen molar-refractivity contribution >= 4 is 11.6 Å². The maximum atomic E-state index is 12.9. The first-order valence-electron chi connectivity index (χ1n) is 7.52. The van der Waals surface area contributed by atoms with Crippen molar-refractivity contribution in [2.75, 3.05) is 6.61 Å². The van der Waals surface area contributed by atoms with E-state index >= 15 is 0 Å². The summed E-state index contributed by atoms with van der Waals surface area (Å²) in [6.45, 7) is 6.54. The van der Waals surface area contributed by atoms with Crippen molar-refractivity contribution in [1.82, 2.24) is 4.90 Å². The van der Waals surface area contributed by atoms with Gasteiger partial charge in [-0.3, -0.25) is 9.79 Å². The molecule has 0 bridgehead atoms. The molecule has 0 unspecified atom stereocenters. The monoisotopic (exact) mass is 286 g/mol. The van der Waals surface area contributed by atoms with Crippen LogP contribution in [0, 0.1) is 0 Å². The van der Waals surface area contributed by atoms with Gasteiger partial charge in [0.15, 0.2) is 0 Å². The number of ether oxygens (including phenoxy) is 1. The van der Waals surface area contributed by atoms with Gasteiger partial charge in [0, 0.05) is 18.6 Å². The smallest absolute Gasteiger partial charge is 0.250 e. The van der Waals surface area contributed by atoms with Crippen molar-refractivity contribution in [3.05, 3.63) is 35.9 Å². The predicted octanol–water partition coefficient (Wildman–Crippen LogP) is 2.43. The van der Waals surface area contributed by atoms with Crippen LogP contribution in [-0.4, -0.2) is 40.9 Å². The topological polar surface area (TPSA) is 41.9 Å². The molecule has 2 aliphatic rings. The van der Waals surface area contributed by atoms with Crippen molar-refractivity contribution in [3.63, 3.8) is 0 Å². The molecule has 21 heavy (non-hydrogen) atoms. The molecule has 4 heteroatoms. The Labute approximate surface area is 125 Å². The van der Waals surface area contributed by atoms with E-state index in [1.807, 2.05) is 56.0 Å².